The van der Waals surface area contributed by atoms with Crippen molar-refractivity contribution >= 4 is 5.91 Å². The van der Waals surface area contributed by atoms with Crippen LogP contribution in [0.3, 0.4) is 0 Å². The van der Waals surface area contributed by atoms with Crippen LogP contribution in [0, 0.1) is 0 Å². The topological polar surface area (TPSA) is 69.3 Å². The van der Waals surface area contributed by atoms with E-state index in [0.717, 1.165) is 12.0 Å². The second kappa shape index (κ2) is 5.39. The summed E-state index contributed by atoms with van der Waals surface area (Å²) in [4.78, 5) is 11.9. The monoisotopic (exact) mass is 249 g/mol. The van der Waals surface area contributed by atoms with Gasteiger partial charge in [0.2, 0.25) is 5.88 Å². The maximum absolute atomic E-state index is 11.9. The molecule has 0 atom stereocenters. The van der Waals surface area contributed by atoms with Crippen LogP contribution >= 0.6 is 0 Å². The Hall–Kier alpha value is -2.24. The van der Waals surface area contributed by atoms with Crippen molar-refractivity contribution in [2.45, 2.75) is 6.42 Å². The van der Waals surface area contributed by atoms with E-state index in [1.54, 1.807) is 30.5 Å². The fourth-order valence-electron chi connectivity index (χ4n) is 1.63. The van der Waals surface area contributed by atoms with E-state index in [-0.39, 0.29) is 5.91 Å². The van der Waals surface area contributed by atoms with Gasteiger partial charge >= 0.3 is 0 Å². The van der Waals surface area contributed by atoms with Gasteiger partial charge in [-0.2, -0.15) is 0 Å². The van der Waals surface area contributed by atoms with Crippen LogP contribution in [0.4, 0.5) is 0 Å². The second-order valence-electron chi connectivity index (χ2n) is 3.86. The number of aryl methyl sites for hydroxylation is 1. The minimum atomic E-state index is -0.191. The predicted molar refractivity (Wildman–Crippen MR) is 64.5 cm³/mol. The Labute approximate surface area is 105 Å². The van der Waals surface area contributed by atoms with Crippen LogP contribution in [0.2, 0.25) is 0 Å². The molecular weight excluding hydrogens is 234 g/mol. The van der Waals surface area contributed by atoms with Crippen molar-refractivity contribution in [2.75, 3.05) is 13.7 Å². The highest BCUT2D eigenvalue weighted by molar-refractivity contribution is 5.96. The molecular formula is C12H15N3O3. The first kappa shape index (κ1) is 12.2. The summed E-state index contributed by atoms with van der Waals surface area (Å²) in [6.07, 6.45) is 5.63. The lowest BCUT2D eigenvalue weighted by Crippen LogP contribution is -2.25. The largest absolute Gasteiger partial charge is 0.479 e. The average Bonchev–Trinajstić information content (AvgIpc) is 2.98. The highest BCUT2D eigenvalue weighted by Gasteiger charge is 2.15. The zero-order valence-corrected chi connectivity index (χ0v) is 10.3. The first-order valence-corrected chi connectivity index (χ1v) is 5.57. The van der Waals surface area contributed by atoms with Crippen molar-refractivity contribution < 1.29 is 13.9 Å². The molecule has 0 saturated heterocycles. The zero-order chi connectivity index (χ0) is 13.0. The number of furan rings is 1. The molecule has 0 aliphatic heterocycles. The molecule has 2 rings (SSSR count). The standard InChI is InChI=1S/C12H15N3O3/c1-15-7-10(12(14-15)17-2)11(16)13-5-3-9-4-6-18-8-9/h4,6-8H,3,5H2,1-2H3,(H,13,16). The number of methoxy groups -OCH3 is 1. The van der Waals surface area contributed by atoms with Crippen molar-refractivity contribution in [1.82, 2.24) is 15.1 Å². The number of carbonyl (C=O) groups is 1. The Kier molecular flexibility index (Phi) is 3.66. The number of hydrogen-bond donors (Lipinski definition) is 1. The number of carbonyl (C=O) groups excluding carboxylic acids is 1. The van der Waals surface area contributed by atoms with Crippen LogP contribution in [0.15, 0.2) is 29.2 Å². The van der Waals surface area contributed by atoms with Crippen LogP contribution in [0.1, 0.15) is 15.9 Å². The summed E-state index contributed by atoms with van der Waals surface area (Å²) in [5.41, 5.74) is 1.49. The SMILES string of the molecule is COc1nn(C)cc1C(=O)NCCc1ccoc1. The third-order valence-electron chi connectivity index (χ3n) is 2.51. The van der Waals surface area contributed by atoms with Gasteiger partial charge in [0.05, 0.1) is 19.6 Å². The number of ether oxygens (including phenoxy) is 1. The molecule has 96 valence electrons. The molecule has 1 amide bonds. The third kappa shape index (κ3) is 2.71. The highest BCUT2D eigenvalue weighted by Crippen LogP contribution is 2.14. The van der Waals surface area contributed by atoms with Gasteiger partial charge in [0.1, 0.15) is 5.56 Å². The zero-order valence-electron chi connectivity index (χ0n) is 10.3. The van der Waals surface area contributed by atoms with Gasteiger partial charge in [-0.3, -0.25) is 9.48 Å². The van der Waals surface area contributed by atoms with Gasteiger partial charge in [-0.1, -0.05) is 0 Å². The third-order valence-corrected chi connectivity index (χ3v) is 2.51. The summed E-state index contributed by atoms with van der Waals surface area (Å²) in [7, 11) is 3.23. The van der Waals surface area contributed by atoms with E-state index < -0.39 is 0 Å². The molecule has 0 aromatic carbocycles. The molecule has 6 nitrogen and oxygen atoms in total. The molecule has 0 fully saturated rings. The van der Waals surface area contributed by atoms with Crippen molar-refractivity contribution in [3.8, 4) is 5.88 Å². The maximum Gasteiger partial charge on any atom is 0.258 e. The Morgan fingerprint density at radius 3 is 3.11 bits per heavy atom. The lowest BCUT2D eigenvalue weighted by molar-refractivity contribution is 0.0951. The molecule has 0 unspecified atom stereocenters. The highest BCUT2D eigenvalue weighted by atomic mass is 16.5. The van der Waals surface area contributed by atoms with Gasteiger partial charge in [-0.15, -0.1) is 5.10 Å². The molecule has 2 heterocycles. The van der Waals surface area contributed by atoms with E-state index in [1.165, 1.54) is 7.11 Å². The number of nitrogens with zero attached hydrogens (tertiary/aromatic N) is 2. The number of nitrogens with one attached hydrogen (secondary N) is 1. The Balaban J connectivity index is 1.91. The van der Waals surface area contributed by atoms with Crippen LogP contribution in [0.5, 0.6) is 5.88 Å². The summed E-state index contributed by atoms with van der Waals surface area (Å²) < 4.78 is 11.5. The van der Waals surface area contributed by atoms with E-state index >= 15 is 0 Å². The predicted octanol–water partition coefficient (Wildman–Crippen LogP) is 0.994. The molecule has 0 spiro atoms. The molecule has 0 saturated carbocycles. The van der Waals surface area contributed by atoms with Gasteiger partial charge < -0.3 is 14.5 Å². The van der Waals surface area contributed by atoms with E-state index in [4.69, 9.17) is 9.15 Å². The van der Waals surface area contributed by atoms with Gasteiger partial charge in [-0.05, 0) is 18.1 Å². The van der Waals surface area contributed by atoms with Crippen molar-refractivity contribution in [3.05, 3.63) is 35.9 Å². The lowest BCUT2D eigenvalue weighted by Gasteiger charge is -2.03. The molecule has 2 aromatic heterocycles. The van der Waals surface area contributed by atoms with E-state index in [0.29, 0.717) is 18.0 Å². The number of rotatable bonds is 5. The second-order valence-corrected chi connectivity index (χ2v) is 3.86. The summed E-state index contributed by atoms with van der Waals surface area (Å²) in [5.74, 6) is 0.141. The smallest absolute Gasteiger partial charge is 0.258 e. The number of aromatic nitrogens is 2. The normalized spacial score (nSPS) is 10.3. The number of amides is 1. The Morgan fingerprint density at radius 1 is 1.61 bits per heavy atom. The van der Waals surface area contributed by atoms with Crippen LogP contribution in [-0.2, 0) is 13.5 Å². The van der Waals surface area contributed by atoms with Crippen molar-refractivity contribution in [1.29, 1.82) is 0 Å². The molecule has 2 aromatic rings. The number of hydrogen-bond acceptors (Lipinski definition) is 4. The molecule has 6 heteroatoms. The molecule has 0 aliphatic rings. The Morgan fingerprint density at radius 2 is 2.44 bits per heavy atom. The van der Waals surface area contributed by atoms with Gasteiger partial charge in [0.15, 0.2) is 0 Å². The molecule has 0 bridgehead atoms. The maximum atomic E-state index is 11.9. The van der Waals surface area contributed by atoms with Gasteiger partial charge in [0, 0.05) is 19.8 Å². The van der Waals surface area contributed by atoms with E-state index in [9.17, 15) is 4.79 Å². The minimum Gasteiger partial charge on any atom is -0.479 e. The molecule has 1 N–H and O–H groups in total. The van der Waals surface area contributed by atoms with Crippen LogP contribution in [-0.4, -0.2) is 29.3 Å². The minimum absolute atomic E-state index is 0.191. The Bertz CT molecular complexity index is 517. The molecule has 0 radical (unpaired) electrons. The first-order chi connectivity index (χ1) is 8.70. The molecule has 0 aliphatic carbocycles. The summed E-state index contributed by atoms with van der Waals surface area (Å²) >= 11 is 0. The average molecular weight is 249 g/mol. The first-order valence-electron chi connectivity index (χ1n) is 5.57. The quantitative estimate of drug-likeness (QED) is 0.858. The fourth-order valence-corrected chi connectivity index (χ4v) is 1.63. The summed E-state index contributed by atoms with van der Waals surface area (Å²) in [6.45, 7) is 0.538. The fraction of sp³-hybridized carbons (Fsp3) is 0.333. The summed E-state index contributed by atoms with van der Waals surface area (Å²) in [5, 5.41) is 6.84. The van der Waals surface area contributed by atoms with Crippen LogP contribution in [0.25, 0.3) is 0 Å². The van der Waals surface area contributed by atoms with Crippen molar-refractivity contribution in [2.24, 2.45) is 7.05 Å². The van der Waals surface area contributed by atoms with E-state index in [1.807, 2.05) is 6.07 Å². The summed E-state index contributed by atoms with van der Waals surface area (Å²) in [6, 6.07) is 1.87. The van der Waals surface area contributed by atoms with E-state index in [2.05, 4.69) is 10.4 Å². The van der Waals surface area contributed by atoms with Gasteiger partial charge in [-0.25, -0.2) is 0 Å². The lowest BCUT2D eigenvalue weighted by atomic mass is 10.2. The van der Waals surface area contributed by atoms with Crippen molar-refractivity contribution in [3.63, 3.8) is 0 Å². The van der Waals surface area contributed by atoms with Gasteiger partial charge in [0.25, 0.3) is 5.91 Å². The molecule has 18 heavy (non-hydrogen) atoms. The van der Waals surface area contributed by atoms with Crippen LogP contribution < -0.4 is 10.1 Å².